The first-order valence-corrected chi connectivity index (χ1v) is 20.1. The fourth-order valence-corrected chi connectivity index (χ4v) is 7.55. The quantitative estimate of drug-likeness (QED) is 0.137. The van der Waals surface area contributed by atoms with E-state index in [4.69, 9.17) is 15.0 Å². The van der Waals surface area contributed by atoms with Crippen LogP contribution in [0.15, 0.2) is 237 Å². The predicted molar refractivity (Wildman–Crippen MR) is 241 cm³/mol. The maximum absolute atomic E-state index is 5.26. The Morgan fingerprint density at radius 1 is 0.267 bits per heavy atom. The van der Waals surface area contributed by atoms with E-state index in [1.165, 1.54) is 0 Å². The molecule has 0 saturated carbocycles. The van der Waals surface area contributed by atoms with Crippen molar-refractivity contribution in [2.45, 2.75) is 0 Å². The summed E-state index contributed by atoms with van der Waals surface area (Å²) in [5.41, 5.74) is 14.2. The van der Waals surface area contributed by atoms with Gasteiger partial charge in [0.05, 0.1) is 23.1 Å². The summed E-state index contributed by atoms with van der Waals surface area (Å²) in [5, 5.41) is 0. The van der Waals surface area contributed by atoms with Gasteiger partial charge in [0.15, 0.2) is 18.2 Å². The van der Waals surface area contributed by atoms with Crippen LogP contribution in [0.4, 0.5) is 0 Å². The Morgan fingerprint density at radius 3 is 1.12 bits per heavy atom. The normalized spacial score (nSPS) is 11.0. The molecule has 0 spiro atoms. The molecule has 0 saturated heterocycles. The maximum atomic E-state index is 5.26. The van der Waals surface area contributed by atoms with Gasteiger partial charge < -0.3 is 0 Å². The SMILES string of the molecule is c1ccc(-c2cc(-c3ccccc3)cc(-[n+]3cc(-c4cc(-c5ccccc5)nc(-c5ccccc5)c4)c[n+](-c4cc(-c5ccccc5)nc(-c5ccccc5)n4)c3)c2)cc1. The van der Waals surface area contributed by atoms with Crippen LogP contribution in [0, 0.1) is 0 Å². The van der Waals surface area contributed by atoms with Gasteiger partial charge in [-0.15, -0.1) is 4.57 Å². The van der Waals surface area contributed by atoms with E-state index in [0.717, 1.165) is 84.2 Å². The van der Waals surface area contributed by atoms with E-state index in [0.29, 0.717) is 5.82 Å². The first kappa shape index (κ1) is 36.2. The third kappa shape index (κ3) is 7.76. The van der Waals surface area contributed by atoms with E-state index in [1.54, 1.807) is 0 Å². The lowest BCUT2D eigenvalue weighted by atomic mass is 9.98. The molecule has 0 aliphatic rings. The Labute approximate surface area is 349 Å². The van der Waals surface area contributed by atoms with E-state index in [2.05, 4.69) is 198 Å². The van der Waals surface area contributed by atoms with Crippen molar-refractivity contribution < 1.29 is 9.13 Å². The molecule has 5 heteroatoms. The topological polar surface area (TPSA) is 46.4 Å². The Morgan fingerprint density at radius 2 is 0.650 bits per heavy atom. The van der Waals surface area contributed by atoms with Gasteiger partial charge in [0.1, 0.15) is 5.56 Å². The zero-order chi connectivity index (χ0) is 40.1. The van der Waals surface area contributed by atoms with Gasteiger partial charge in [-0.1, -0.05) is 187 Å². The molecule has 0 unspecified atom stereocenters. The summed E-state index contributed by atoms with van der Waals surface area (Å²) in [6.07, 6.45) is 6.50. The highest BCUT2D eigenvalue weighted by molar-refractivity contribution is 5.77. The molecule has 3 aromatic heterocycles. The Hall–Kier alpha value is -8.15. The van der Waals surface area contributed by atoms with Gasteiger partial charge in [-0.3, -0.25) is 0 Å². The van der Waals surface area contributed by atoms with Crippen molar-refractivity contribution >= 4 is 0 Å². The lowest BCUT2D eigenvalue weighted by Crippen LogP contribution is -2.44. The molecule has 7 aromatic carbocycles. The van der Waals surface area contributed by atoms with Crippen LogP contribution in [0.25, 0.3) is 90.0 Å². The van der Waals surface area contributed by atoms with E-state index in [1.807, 2.05) is 48.5 Å². The summed E-state index contributed by atoms with van der Waals surface area (Å²) in [4.78, 5) is 15.6. The number of pyridine rings is 1. The number of hydrogen-bond donors (Lipinski definition) is 0. The fourth-order valence-electron chi connectivity index (χ4n) is 7.55. The van der Waals surface area contributed by atoms with Gasteiger partial charge in [0, 0.05) is 34.4 Å². The Balaban J connectivity index is 1.24. The summed E-state index contributed by atoms with van der Waals surface area (Å²) >= 11 is 0. The van der Waals surface area contributed by atoms with E-state index in [-0.39, 0.29) is 0 Å². The predicted octanol–water partition coefficient (Wildman–Crippen LogP) is 12.1. The molecule has 0 aliphatic carbocycles. The highest BCUT2D eigenvalue weighted by Gasteiger charge is 2.25. The van der Waals surface area contributed by atoms with Crippen molar-refractivity contribution in [1.29, 1.82) is 0 Å². The van der Waals surface area contributed by atoms with Crippen LogP contribution in [0.5, 0.6) is 0 Å². The van der Waals surface area contributed by atoms with Crippen molar-refractivity contribution in [3.8, 4) is 90.0 Å². The molecular weight excluding hydrogens is 731 g/mol. The highest BCUT2D eigenvalue weighted by atomic mass is 15.1. The lowest BCUT2D eigenvalue weighted by molar-refractivity contribution is -0.736. The monoisotopic (exact) mass is 769 g/mol. The van der Waals surface area contributed by atoms with Crippen LogP contribution in [-0.4, -0.2) is 15.0 Å². The summed E-state index contributed by atoms with van der Waals surface area (Å²) in [7, 11) is 0. The van der Waals surface area contributed by atoms with Crippen molar-refractivity contribution in [3.05, 3.63) is 237 Å². The van der Waals surface area contributed by atoms with E-state index in [9.17, 15) is 0 Å². The zero-order valence-electron chi connectivity index (χ0n) is 32.8. The molecule has 10 rings (SSSR count). The first-order chi connectivity index (χ1) is 29.7. The van der Waals surface area contributed by atoms with Gasteiger partial charge in [-0.2, -0.15) is 4.98 Å². The maximum Gasteiger partial charge on any atom is 0.419 e. The molecule has 0 bridgehead atoms. The molecule has 0 fully saturated rings. The molecule has 5 nitrogen and oxygen atoms in total. The standard InChI is InChI=1S/C55H39N5/c1-7-19-40(20-8-1)46-31-47(41-21-9-2-10-22-41)33-50(32-46)59-37-49(48-34-51(42-23-11-3-12-24-42)56-52(35-48)43-25-13-4-14-26-43)38-60(39-59)54-36-53(44-27-15-5-16-28-44)57-55(58-54)45-29-17-6-18-30-45/h1-39H/q+2. The second-order valence-corrected chi connectivity index (χ2v) is 14.7. The van der Waals surface area contributed by atoms with E-state index >= 15 is 0 Å². The summed E-state index contributed by atoms with van der Waals surface area (Å²) in [6.45, 7) is 0. The van der Waals surface area contributed by atoms with Crippen molar-refractivity contribution in [2.24, 2.45) is 0 Å². The number of rotatable bonds is 9. The third-order valence-corrected chi connectivity index (χ3v) is 10.6. The van der Waals surface area contributed by atoms with Crippen LogP contribution in [0.1, 0.15) is 0 Å². The molecule has 282 valence electrons. The summed E-state index contributed by atoms with van der Waals surface area (Å²) in [5.74, 6) is 1.39. The van der Waals surface area contributed by atoms with Crippen LogP contribution in [0.3, 0.4) is 0 Å². The molecule has 0 amide bonds. The smallest absolute Gasteiger partial charge is 0.248 e. The second-order valence-electron chi connectivity index (χ2n) is 14.7. The molecule has 0 atom stereocenters. The van der Waals surface area contributed by atoms with Crippen LogP contribution < -0.4 is 9.13 Å². The summed E-state index contributed by atoms with van der Waals surface area (Å²) in [6, 6.07) is 75.7. The number of aromatic nitrogens is 5. The molecular formula is C55H39N5+2. The molecule has 0 N–H and O–H groups in total. The van der Waals surface area contributed by atoms with Gasteiger partial charge in [0.2, 0.25) is 5.69 Å². The molecule has 0 radical (unpaired) electrons. The average Bonchev–Trinajstić information content (AvgIpc) is 3.35. The average molecular weight is 770 g/mol. The van der Waals surface area contributed by atoms with Crippen molar-refractivity contribution in [2.75, 3.05) is 0 Å². The first-order valence-electron chi connectivity index (χ1n) is 20.1. The Bertz CT molecular complexity index is 2530. The minimum atomic E-state index is 0.649. The summed E-state index contributed by atoms with van der Waals surface area (Å²) < 4.78 is 4.34. The van der Waals surface area contributed by atoms with Gasteiger partial charge in [-0.05, 0) is 46.0 Å². The van der Waals surface area contributed by atoms with Crippen molar-refractivity contribution in [1.82, 2.24) is 15.0 Å². The molecule has 60 heavy (non-hydrogen) atoms. The number of hydrogen-bond acceptors (Lipinski definition) is 3. The minimum absolute atomic E-state index is 0.649. The van der Waals surface area contributed by atoms with Gasteiger partial charge in [-0.25, -0.2) is 9.97 Å². The van der Waals surface area contributed by atoms with Gasteiger partial charge in [0.25, 0.3) is 0 Å². The minimum Gasteiger partial charge on any atom is -0.248 e. The molecule has 3 heterocycles. The zero-order valence-corrected chi connectivity index (χ0v) is 32.8. The van der Waals surface area contributed by atoms with Gasteiger partial charge >= 0.3 is 12.1 Å². The lowest BCUT2D eigenvalue weighted by Gasteiger charge is -2.11. The van der Waals surface area contributed by atoms with Crippen LogP contribution in [-0.2, 0) is 0 Å². The van der Waals surface area contributed by atoms with Crippen LogP contribution in [0.2, 0.25) is 0 Å². The van der Waals surface area contributed by atoms with Crippen molar-refractivity contribution in [3.63, 3.8) is 0 Å². The highest BCUT2D eigenvalue weighted by Crippen LogP contribution is 2.32. The largest absolute Gasteiger partial charge is 0.419 e. The molecule has 0 aliphatic heterocycles. The molecule has 10 aromatic rings. The number of nitrogens with zero attached hydrogens (tertiary/aromatic N) is 5. The Kier molecular flexibility index (Phi) is 9.88. The van der Waals surface area contributed by atoms with Crippen LogP contribution >= 0.6 is 0 Å². The fraction of sp³-hybridized carbons (Fsp3) is 0. The van der Waals surface area contributed by atoms with E-state index < -0.39 is 0 Å². The second kappa shape index (κ2) is 16.4. The third-order valence-electron chi connectivity index (χ3n) is 10.6. The number of benzene rings is 7.